The fourth-order valence-electron chi connectivity index (χ4n) is 3.86. The second kappa shape index (κ2) is 6.90. The van der Waals surface area contributed by atoms with Gasteiger partial charge in [0, 0.05) is 31.5 Å². The number of para-hydroxylation sites is 1. The van der Waals surface area contributed by atoms with Crippen molar-refractivity contribution < 1.29 is 9.59 Å². The summed E-state index contributed by atoms with van der Waals surface area (Å²) in [6, 6.07) is 11.4. The number of amides is 3. The van der Waals surface area contributed by atoms with Gasteiger partial charge in [-0.2, -0.15) is 0 Å². The molecule has 7 nitrogen and oxygen atoms in total. The molecule has 7 heteroatoms. The highest BCUT2D eigenvalue weighted by Gasteiger charge is 2.37. The lowest BCUT2D eigenvalue weighted by Crippen LogP contribution is -2.58. The predicted molar refractivity (Wildman–Crippen MR) is 105 cm³/mol. The molecule has 0 spiro atoms. The number of carbonyl (C=O) groups is 2. The summed E-state index contributed by atoms with van der Waals surface area (Å²) in [4.78, 5) is 33.9. The van der Waals surface area contributed by atoms with Crippen molar-refractivity contribution in [3.05, 3.63) is 48.2 Å². The lowest BCUT2D eigenvalue weighted by molar-refractivity contribution is -0.117. The lowest BCUT2D eigenvalue weighted by Gasteiger charge is -2.43. The molecule has 2 aromatic rings. The second-order valence-corrected chi connectivity index (χ2v) is 6.57. The van der Waals surface area contributed by atoms with E-state index in [0.717, 1.165) is 12.1 Å². The van der Waals surface area contributed by atoms with Gasteiger partial charge >= 0.3 is 6.03 Å². The molecule has 0 fully saturated rings. The maximum atomic E-state index is 13.1. The largest absolute Gasteiger partial charge is 0.343 e. The molecule has 27 heavy (non-hydrogen) atoms. The van der Waals surface area contributed by atoms with Gasteiger partial charge in [0.05, 0.1) is 5.69 Å². The third-order valence-corrected chi connectivity index (χ3v) is 5.13. The first kappa shape index (κ1) is 17.3. The van der Waals surface area contributed by atoms with E-state index in [0.29, 0.717) is 31.1 Å². The summed E-state index contributed by atoms with van der Waals surface area (Å²) in [6.45, 7) is 5.70. The van der Waals surface area contributed by atoms with Gasteiger partial charge in [-0.25, -0.2) is 14.8 Å². The minimum absolute atomic E-state index is 0.0000841. The van der Waals surface area contributed by atoms with Gasteiger partial charge in [-0.15, -0.1) is 0 Å². The minimum atomic E-state index is -0.194. The van der Waals surface area contributed by atoms with Crippen LogP contribution in [0.2, 0.25) is 0 Å². The molecule has 0 atom stereocenters. The van der Waals surface area contributed by atoms with E-state index in [1.54, 1.807) is 27.1 Å². The van der Waals surface area contributed by atoms with E-state index in [2.05, 4.69) is 4.98 Å². The Morgan fingerprint density at radius 1 is 1.04 bits per heavy atom. The zero-order valence-electron chi connectivity index (χ0n) is 15.6. The summed E-state index contributed by atoms with van der Waals surface area (Å²) >= 11 is 0. The minimum Gasteiger partial charge on any atom is -0.310 e. The maximum absolute atomic E-state index is 13.1. The van der Waals surface area contributed by atoms with Gasteiger partial charge in [0.25, 0.3) is 0 Å². The van der Waals surface area contributed by atoms with Gasteiger partial charge < -0.3 is 4.90 Å². The van der Waals surface area contributed by atoms with Gasteiger partial charge in [-0.05, 0) is 44.0 Å². The van der Waals surface area contributed by atoms with Crippen molar-refractivity contribution in [3.8, 4) is 0 Å². The number of urea groups is 1. The Hall–Kier alpha value is -3.09. The number of nitrogens with zero attached hydrogens (tertiary/aromatic N) is 5. The van der Waals surface area contributed by atoms with Gasteiger partial charge in [0.1, 0.15) is 6.54 Å². The van der Waals surface area contributed by atoms with Crippen LogP contribution >= 0.6 is 0 Å². The summed E-state index contributed by atoms with van der Waals surface area (Å²) in [6.07, 6.45) is 2.56. The molecular formula is C20H23N5O2. The lowest BCUT2D eigenvalue weighted by atomic mass is 10.2. The van der Waals surface area contributed by atoms with Crippen molar-refractivity contribution in [1.29, 1.82) is 0 Å². The summed E-state index contributed by atoms with van der Waals surface area (Å²) in [5.74, 6) is 0.625. The summed E-state index contributed by atoms with van der Waals surface area (Å²) in [7, 11) is 0. The van der Waals surface area contributed by atoms with Crippen LogP contribution in [0.15, 0.2) is 42.6 Å². The summed E-state index contributed by atoms with van der Waals surface area (Å²) in [5, 5.41) is 3.50. The van der Waals surface area contributed by atoms with Crippen LogP contribution in [-0.4, -0.2) is 48.1 Å². The van der Waals surface area contributed by atoms with Crippen LogP contribution in [0.3, 0.4) is 0 Å². The smallest absolute Gasteiger partial charge is 0.310 e. The molecule has 1 aromatic carbocycles. The van der Waals surface area contributed by atoms with Crippen LogP contribution in [0.5, 0.6) is 0 Å². The van der Waals surface area contributed by atoms with Crippen molar-refractivity contribution in [3.63, 3.8) is 0 Å². The first-order chi connectivity index (χ1) is 13.2. The van der Waals surface area contributed by atoms with Crippen LogP contribution in [-0.2, 0) is 11.2 Å². The molecule has 0 radical (unpaired) electrons. The number of carbonyl (C=O) groups excluding carboxylic acids is 2. The Kier molecular flexibility index (Phi) is 4.43. The molecule has 4 rings (SSSR count). The highest BCUT2D eigenvalue weighted by Crippen LogP contribution is 2.34. The van der Waals surface area contributed by atoms with E-state index in [9.17, 15) is 9.59 Å². The predicted octanol–water partition coefficient (Wildman–Crippen LogP) is 2.67. The van der Waals surface area contributed by atoms with E-state index >= 15 is 0 Å². The van der Waals surface area contributed by atoms with Gasteiger partial charge in [0.15, 0.2) is 5.82 Å². The van der Waals surface area contributed by atoms with E-state index in [4.69, 9.17) is 0 Å². The van der Waals surface area contributed by atoms with Crippen molar-refractivity contribution in [2.24, 2.45) is 0 Å². The number of hydrogen-bond acceptors (Lipinski definition) is 4. The molecule has 0 N–H and O–H groups in total. The summed E-state index contributed by atoms with van der Waals surface area (Å²) < 4.78 is 0. The number of rotatable bonds is 4. The number of aromatic nitrogens is 1. The Morgan fingerprint density at radius 2 is 1.78 bits per heavy atom. The molecule has 140 valence electrons. The first-order valence-electron chi connectivity index (χ1n) is 9.35. The Labute approximate surface area is 158 Å². The zero-order valence-corrected chi connectivity index (χ0v) is 15.6. The number of pyridine rings is 1. The third kappa shape index (κ3) is 2.79. The zero-order chi connectivity index (χ0) is 19.0. The molecular weight excluding hydrogens is 342 g/mol. The number of anilines is 3. The maximum Gasteiger partial charge on any atom is 0.343 e. The van der Waals surface area contributed by atoms with Crippen molar-refractivity contribution in [2.45, 2.75) is 20.3 Å². The Morgan fingerprint density at radius 3 is 2.56 bits per heavy atom. The fraction of sp³-hybridized carbons (Fsp3) is 0.350. The summed E-state index contributed by atoms with van der Waals surface area (Å²) in [5.41, 5.74) is 2.79. The third-order valence-electron chi connectivity index (χ3n) is 5.13. The standard InChI is InChI=1S/C20H23N5O2/c1-3-24-19-17(10-7-12-21-19)23(20(27)25(24)4-2)14-18(26)22-13-11-15-8-5-6-9-16(15)22/h5-10,12H,3-4,11,13-14H2,1-2H3. The van der Waals surface area contributed by atoms with E-state index in [-0.39, 0.29) is 18.5 Å². The monoisotopic (exact) mass is 365 g/mol. The molecule has 0 saturated heterocycles. The molecule has 3 amide bonds. The van der Waals surface area contributed by atoms with Crippen LogP contribution in [0.25, 0.3) is 0 Å². The van der Waals surface area contributed by atoms with Crippen LogP contribution < -0.4 is 14.8 Å². The SMILES string of the molecule is CCN1C(=O)N(CC(=O)N2CCc3ccccc32)c2cccnc2N1CC. The van der Waals surface area contributed by atoms with Gasteiger partial charge in [0.2, 0.25) is 5.91 Å². The quantitative estimate of drug-likeness (QED) is 0.836. The van der Waals surface area contributed by atoms with Crippen LogP contribution in [0.4, 0.5) is 22.0 Å². The molecule has 2 aliphatic rings. The van der Waals surface area contributed by atoms with Crippen LogP contribution in [0.1, 0.15) is 19.4 Å². The highest BCUT2D eigenvalue weighted by molar-refractivity contribution is 6.06. The van der Waals surface area contributed by atoms with Crippen molar-refractivity contribution >= 4 is 29.1 Å². The second-order valence-electron chi connectivity index (χ2n) is 6.57. The van der Waals surface area contributed by atoms with Gasteiger partial charge in [-0.3, -0.25) is 14.7 Å². The Bertz CT molecular complexity index is 884. The average Bonchev–Trinajstić information content (AvgIpc) is 3.13. The molecule has 2 aliphatic heterocycles. The van der Waals surface area contributed by atoms with Crippen molar-refractivity contribution in [2.75, 3.05) is 41.0 Å². The molecule has 3 heterocycles. The van der Waals surface area contributed by atoms with Crippen molar-refractivity contribution in [1.82, 2.24) is 9.99 Å². The number of fused-ring (bicyclic) bond motifs is 2. The molecule has 0 unspecified atom stereocenters. The first-order valence-corrected chi connectivity index (χ1v) is 9.35. The number of benzene rings is 1. The number of hydrogen-bond donors (Lipinski definition) is 0. The normalized spacial score (nSPS) is 15.9. The van der Waals surface area contributed by atoms with Crippen LogP contribution in [0, 0.1) is 0 Å². The number of hydrazine groups is 1. The van der Waals surface area contributed by atoms with E-state index in [1.165, 1.54) is 5.56 Å². The average molecular weight is 365 g/mol. The molecule has 1 aromatic heterocycles. The highest BCUT2D eigenvalue weighted by atomic mass is 16.2. The Balaban J connectivity index is 1.65. The fourth-order valence-corrected chi connectivity index (χ4v) is 3.86. The molecule has 0 aliphatic carbocycles. The topological polar surface area (TPSA) is 60.0 Å². The molecule has 0 saturated carbocycles. The van der Waals surface area contributed by atoms with E-state index in [1.807, 2.05) is 49.2 Å². The molecule has 0 bridgehead atoms. The van der Waals surface area contributed by atoms with Gasteiger partial charge in [-0.1, -0.05) is 18.2 Å². The van der Waals surface area contributed by atoms with E-state index < -0.39 is 0 Å².